The molecule has 6 nitrogen and oxygen atoms in total. The van der Waals surface area contributed by atoms with Gasteiger partial charge in [-0.2, -0.15) is 0 Å². The Morgan fingerprint density at radius 1 is 1.33 bits per heavy atom. The van der Waals surface area contributed by atoms with E-state index in [0.29, 0.717) is 5.56 Å². The van der Waals surface area contributed by atoms with E-state index in [1.54, 1.807) is 36.6 Å². The Kier molecular flexibility index (Phi) is 5.01. The summed E-state index contributed by atoms with van der Waals surface area (Å²) in [5.41, 5.74) is 5.79. The van der Waals surface area contributed by atoms with Crippen molar-refractivity contribution in [1.82, 2.24) is 5.32 Å². The van der Waals surface area contributed by atoms with Gasteiger partial charge in [-0.1, -0.05) is 30.3 Å². The van der Waals surface area contributed by atoms with Gasteiger partial charge in [-0.15, -0.1) is 0 Å². The molecule has 0 spiro atoms. The van der Waals surface area contributed by atoms with Gasteiger partial charge in [0.15, 0.2) is 0 Å². The molecule has 0 aromatic heterocycles. The minimum absolute atomic E-state index is 0.389. The molecular weight excluding hydrogens is 236 g/mol. The van der Waals surface area contributed by atoms with Crippen LogP contribution in [0, 0.1) is 0 Å². The zero-order chi connectivity index (χ0) is 13.5. The minimum Gasteiger partial charge on any atom is -0.480 e. The molecule has 0 aliphatic rings. The van der Waals surface area contributed by atoms with Crippen LogP contribution in [0.4, 0.5) is 0 Å². The second kappa shape index (κ2) is 6.51. The second-order valence-corrected chi connectivity index (χ2v) is 3.68. The normalized spacial score (nSPS) is 13.4. The van der Waals surface area contributed by atoms with Crippen molar-refractivity contribution < 1.29 is 19.5 Å². The predicted octanol–water partition coefficient (Wildman–Crippen LogP) is -0.244. The summed E-state index contributed by atoms with van der Waals surface area (Å²) < 4.78 is 0. The van der Waals surface area contributed by atoms with Crippen LogP contribution in [0.15, 0.2) is 30.3 Å². The summed E-state index contributed by atoms with van der Waals surface area (Å²) in [5, 5.41) is 10.9. The van der Waals surface area contributed by atoms with Gasteiger partial charge in [0.2, 0.25) is 12.2 Å². The Morgan fingerprint density at radius 3 is 2.44 bits per heavy atom. The molecule has 6 heteroatoms. The number of carbonyl (C=O) groups excluding carboxylic acids is 2. The van der Waals surface area contributed by atoms with Crippen molar-refractivity contribution in [2.45, 2.75) is 18.5 Å². The third-order valence-corrected chi connectivity index (χ3v) is 2.28. The number of nitrogens with one attached hydrogen (secondary N) is 1. The van der Waals surface area contributed by atoms with E-state index in [1.807, 2.05) is 0 Å². The minimum atomic E-state index is -1.28. The first-order valence-electron chi connectivity index (χ1n) is 5.25. The van der Waals surface area contributed by atoms with Gasteiger partial charge in [-0.05, 0) is 5.56 Å². The van der Waals surface area contributed by atoms with Crippen LogP contribution in [-0.2, 0) is 14.4 Å². The number of hydrogen-bond donors (Lipinski definition) is 3. The van der Waals surface area contributed by atoms with Crippen LogP contribution in [0.1, 0.15) is 18.0 Å². The summed E-state index contributed by atoms with van der Waals surface area (Å²) in [7, 11) is 0. The van der Waals surface area contributed by atoms with Crippen molar-refractivity contribution in [3.63, 3.8) is 0 Å². The Morgan fingerprint density at radius 2 is 1.94 bits per heavy atom. The van der Waals surface area contributed by atoms with Gasteiger partial charge in [-0.25, -0.2) is 0 Å². The van der Waals surface area contributed by atoms with E-state index in [9.17, 15) is 14.4 Å². The van der Waals surface area contributed by atoms with Gasteiger partial charge in [-0.3, -0.25) is 14.4 Å². The quantitative estimate of drug-likeness (QED) is 0.644. The fourth-order valence-corrected chi connectivity index (χ4v) is 1.33. The molecule has 95 valence electrons. The number of amides is 1. The van der Waals surface area contributed by atoms with Crippen LogP contribution >= 0.6 is 0 Å². The highest BCUT2D eigenvalue weighted by molar-refractivity contribution is 5.86. The second-order valence-electron chi connectivity index (χ2n) is 3.68. The number of carbonyl (C=O) groups is 2. The van der Waals surface area contributed by atoms with Crippen LogP contribution in [0.2, 0.25) is 0 Å². The van der Waals surface area contributed by atoms with Gasteiger partial charge in [0, 0.05) is 0 Å². The molecule has 1 amide bonds. The highest BCUT2D eigenvalue weighted by Crippen LogP contribution is 2.09. The zero-order valence-corrected chi connectivity index (χ0v) is 9.50. The third-order valence-electron chi connectivity index (χ3n) is 2.28. The first-order chi connectivity index (χ1) is 8.54. The zero-order valence-electron chi connectivity index (χ0n) is 9.50. The summed E-state index contributed by atoms with van der Waals surface area (Å²) in [6.45, 7) is 0. The molecular formula is C12H13N2O4. The Labute approximate surface area is 104 Å². The van der Waals surface area contributed by atoms with E-state index < -0.39 is 24.0 Å². The molecule has 0 heterocycles. The van der Waals surface area contributed by atoms with Gasteiger partial charge in [0.1, 0.15) is 12.1 Å². The van der Waals surface area contributed by atoms with Crippen molar-refractivity contribution in [2.24, 2.45) is 5.73 Å². The third kappa shape index (κ3) is 3.99. The number of nitrogens with two attached hydrogens (primary N) is 1. The molecule has 0 aliphatic carbocycles. The first-order valence-corrected chi connectivity index (χ1v) is 5.25. The number of carboxylic acids is 1. The lowest BCUT2D eigenvalue weighted by Gasteiger charge is -2.13. The molecule has 0 fully saturated rings. The average Bonchev–Trinajstić information content (AvgIpc) is 2.36. The molecule has 0 aliphatic heterocycles. The van der Waals surface area contributed by atoms with E-state index in [1.165, 1.54) is 0 Å². The molecule has 2 unspecified atom stereocenters. The molecule has 1 radical (unpaired) electrons. The van der Waals surface area contributed by atoms with E-state index in [0.717, 1.165) is 0 Å². The summed E-state index contributed by atoms with van der Waals surface area (Å²) >= 11 is 0. The lowest BCUT2D eigenvalue weighted by atomic mass is 10.1. The molecule has 0 saturated carbocycles. The number of rotatable bonds is 6. The highest BCUT2D eigenvalue weighted by Gasteiger charge is 2.19. The van der Waals surface area contributed by atoms with Crippen LogP contribution in [-0.4, -0.2) is 29.3 Å². The molecule has 4 N–H and O–H groups in total. The van der Waals surface area contributed by atoms with Crippen molar-refractivity contribution in [3.8, 4) is 0 Å². The number of benzene rings is 1. The van der Waals surface area contributed by atoms with E-state index in [2.05, 4.69) is 5.32 Å². The summed E-state index contributed by atoms with van der Waals surface area (Å²) in [6.07, 6.45) is 1.29. The topological polar surface area (TPSA) is 109 Å². The van der Waals surface area contributed by atoms with Crippen LogP contribution in [0.25, 0.3) is 0 Å². The van der Waals surface area contributed by atoms with Crippen molar-refractivity contribution in [1.29, 1.82) is 0 Å². The maximum atomic E-state index is 11.5. The first kappa shape index (κ1) is 13.9. The lowest BCUT2D eigenvalue weighted by Crippen LogP contribution is -2.38. The number of hydrogen-bond acceptors (Lipinski definition) is 4. The van der Waals surface area contributed by atoms with Crippen molar-refractivity contribution >= 4 is 18.2 Å². The summed E-state index contributed by atoms with van der Waals surface area (Å²) in [4.78, 5) is 32.7. The standard InChI is InChI=1S/C12H13N2O4/c13-9(12(17)18)6-11(16)14-10(7-15)8-4-2-1-3-5-8/h1-5,9-10H,6,13H2,(H,14,16)(H,17,18). The lowest BCUT2D eigenvalue weighted by molar-refractivity contribution is -0.140. The van der Waals surface area contributed by atoms with Gasteiger partial charge < -0.3 is 16.2 Å². The maximum Gasteiger partial charge on any atom is 0.321 e. The van der Waals surface area contributed by atoms with Crippen molar-refractivity contribution in [3.05, 3.63) is 35.9 Å². The molecule has 1 aromatic rings. The Bertz CT molecular complexity index is 433. The fourth-order valence-electron chi connectivity index (χ4n) is 1.33. The van der Waals surface area contributed by atoms with Gasteiger partial charge in [0.05, 0.1) is 6.42 Å². The number of carboxylic acid groups (broad SMARTS) is 1. The van der Waals surface area contributed by atoms with E-state index >= 15 is 0 Å². The molecule has 0 saturated heterocycles. The van der Waals surface area contributed by atoms with Crippen molar-refractivity contribution in [2.75, 3.05) is 0 Å². The van der Waals surface area contributed by atoms with Gasteiger partial charge >= 0.3 is 5.97 Å². The predicted molar refractivity (Wildman–Crippen MR) is 63.2 cm³/mol. The largest absolute Gasteiger partial charge is 0.480 e. The van der Waals surface area contributed by atoms with Crippen LogP contribution in [0.5, 0.6) is 0 Å². The number of aliphatic carboxylic acids is 1. The summed E-state index contributed by atoms with van der Waals surface area (Å²) in [5.74, 6) is -1.88. The molecule has 0 bridgehead atoms. The van der Waals surface area contributed by atoms with Gasteiger partial charge in [0.25, 0.3) is 0 Å². The Hall–Kier alpha value is -2.21. The molecule has 1 aromatic carbocycles. The fraction of sp³-hybridized carbons (Fsp3) is 0.250. The van der Waals surface area contributed by atoms with E-state index in [-0.39, 0.29) is 6.42 Å². The SMILES string of the molecule is NC(CC(=O)NC([C]=O)c1ccccc1)C(=O)O. The van der Waals surface area contributed by atoms with E-state index in [4.69, 9.17) is 10.8 Å². The maximum absolute atomic E-state index is 11.5. The van der Waals surface area contributed by atoms with Crippen LogP contribution < -0.4 is 11.1 Å². The average molecular weight is 249 g/mol. The molecule has 1 rings (SSSR count). The molecule has 2 atom stereocenters. The Balaban J connectivity index is 2.62. The highest BCUT2D eigenvalue weighted by atomic mass is 16.4. The molecule has 18 heavy (non-hydrogen) atoms. The monoisotopic (exact) mass is 249 g/mol. The van der Waals surface area contributed by atoms with Crippen LogP contribution in [0.3, 0.4) is 0 Å². The smallest absolute Gasteiger partial charge is 0.321 e. The summed E-state index contributed by atoms with van der Waals surface area (Å²) in [6, 6.07) is 6.32.